The molecule has 0 saturated carbocycles. The Hall–Kier alpha value is -0.310. The van der Waals surface area contributed by atoms with Gasteiger partial charge in [0.15, 0.2) is 0 Å². The third-order valence-electron chi connectivity index (χ3n) is 5.88. The van der Waals surface area contributed by atoms with Crippen LogP contribution in [0.15, 0.2) is 0 Å². The third-order valence-corrected chi connectivity index (χ3v) is 7.52. The number of nitriles is 1. The van der Waals surface area contributed by atoms with E-state index in [-0.39, 0.29) is 5.97 Å². The number of alkyl halides is 1. The quantitative estimate of drug-likeness (QED) is 0.0661. The Kier molecular flexibility index (Phi) is 22.1. The van der Waals surface area contributed by atoms with Crippen molar-refractivity contribution in [1.82, 2.24) is 0 Å². The number of rotatable bonds is 21. The van der Waals surface area contributed by atoms with E-state index < -0.39 is 0 Å². The van der Waals surface area contributed by atoms with Gasteiger partial charge in [0.2, 0.25) is 0 Å². The molecule has 0 bridgehead atoms. The summed E-state index contributed by atoms with van der Waals surface area (Å²) in [5.41, 5.74) is 0. The minimum atomic E-state index is -0.0829. The summed E-state index contributed by atoms with van der Waals surface area (Å²) < 4.78 is 5.33. The topological polar surface area (TPSA) is 50.1 Å². The number of ether oxygens (including phenoxy) is 1. The molecule has 4 heteroatoms. The Morgan fingerprint density at radius 2 is 1.31 bits per heavy atom. The fraction of sp³-hybridized carbons (Fsp3) is 0.920. The number of halogens is 1. The van der Waals surface area contributed by atoms with Crippen LogP contribution >= 0.6 is 22.6 Å². The summed E-state index contributed by atoms with van der Waals surface area (Å²) in [5, 5.41) is 9.18. The summed E-state index contributed by atoms with van der Waals surface area (Å²) >= 11 is 2.61. The van der Waals surface area contributed by atoms with Crippen molar-refractivity contribution in [2.24, 2.45) is 5.92 Å². The largest absolute Gasteiger partial charge is 0.469 e. The van der Waals surface area contributed by atoms with E-state index in [1.807, 2.05) is 0 Å². The van der Waals surface area contributed by atoms with E-state index in [2.05, 4.69) is 40.3 Å². The average molecular weight is 520 g/mol. The van der Waals surface area contributed by atoms with Gasteiger partial charge in [0.25, 0.3) is 0 Å². The van der Waals surface area contributed by atoms with Crippen LogP contribution in [-0.2, 0) is 9.53 Å². The molecule has 0 heterocycles. The van der Waals surface area contributed by atoms with Crippen molar-refractivity contribution in [1.29, 1.82) is 5.26 Å². The van der Waals surface area contributed by atoms with Crippen LogP contribution in [0.2, 0.25) is 0 Å². The number of unbranched alkanes of at least 4 members (excludes halogenated alkanes) is 13. The van der Waals surface area contributed by atoms with Crippen molar-refractivity contribution in [3.8, 4) is 6.07 Å². The van der Waals surface area contributed by atoms with Crippen molar-refractivity contribution >= 4 is 28.6 Å². The van der Waals surface area contributed by atoms with E-state index in [1.54, 1.807) is 0 Å². The van der Waals surface area contributed by atoms with Gasteiger partial charge in [0.1, 0.15) is 0 Å². The highest BCUT2D eigenvalue weighted by Gasteiger charge is 2.17. The zero-order chi connectivity index (χ0) is 21.6. The highest BCUT2D eigenvalue weighted by molar-refractivity contribution is 14.1. The Bertz CT molecular complexity index is 408. The molecule has 3 nitrogen and oxygen atoms in total. The molecule has 2 atom stereocenters. The lowest BCUT2D eigenvalue weighted by molar-refractivity contribution is -0.140. The van der Waals surface area contributed by atoms with Crippen molar-refractivity contribution in [3.05, 3.63) is 0 Å². The minimum Gasteiger partial charge on any atom is -0.469 e. The molecule has 0 saturated heterocycles. The highest BCUT2D eigenvalue weighted by Crippen LogP contribution is 2.28. The second-order valence-electron chi connectivity index (χ2n) is 8.49. The molecule has 2 unspecified atom stereocenters. The standard InChI is InChI=1S/C25H46INO2/c1-3-4-5-6-13-16-19-24(26)23(21-22-27)18-15-12-10-8-7-9-11-14-17-20-25(28)29-2/h23-24H,3-21H2,1-2H3. The maximum atomic E-state index is 11.0. The Labute approximate surface area is 194 Å². The molecule has 0 aliphatic heterocycles. The Morgan fingerprint density at radius 3 is 1.83 bits per heavy atom. The second kappa shape index (κ2) is 22.4. The fourth-order valence-corrected chi connectivity index (χ4v) is 4.95. The molecule has 0 aromatic rings. The minimum absolute atomic E-state index is 0.0829. The molecule has 170 valence electrons. The van der Waals surface area contributed by atoms with Crippen LogP contribution in [-0.4, -0.2) is 17.0 Å². The van der Waals surface area contributed by atoms with Gasteiger partial charge in [-0.2, -0.15) is 5.26 Å². The predicted molar refractivity (Wildman–Crippen MR) is 132 cm³/mol. The zero-order valence-electron chi connectivity index (χ0n) is 19.2. The number of esters is 1. The van der Waals surface area contributed by atoms with Gasteiger partial charge < -0.3 is 4.74 Å². The van der Waals surface area contributed by atoms with E-state index in [1.165, 1.54) is 103 Å². The maximum Gasteiger partial charge on any atom is 0.305 e. The van der Waals surface area contributed by atoms with Crippen molar-refractivity contribution in [2.75, 3.05) is 7.11 Å². The van der Waals surface area contributed by atoms with E-state index in [4.69, 9.17) is 0 Å². The molecule has 0 aliphatic rings. The van der Waals surface area contributed by atoms with Gasteiger partial charge in [-0.1, -0.05) is 119 Å². The predicted octanol–water partition coefficient (Wildman–Crippen LogP) is 8.53. The first-order chi connectivity index (χ1) is 14.2. The van der Waals surface area contributed by atoms with Crippen LogP contribution in [0.4, 0.5) is 0 Å². The number of hydrogen-bond donors (Lipinski definition) is 0. The summed E-state index contributed by atoms with van der Waals surface area (Å²) in [6.07, 6.45) is 23.1. The molecule has 0 radical (unpaired) electrons. The summed E-state index contributed by atoms with van der Waals surface area (Å²) in [6.45, 7) is 2.27. The van der Waals surface area contributed by atoms with Crippen LogP contribution < -0.4 is 0 Å². The Balaban J connectivity index is 3.61. The molecular formula is C25H46INO2. The van der Waals surface area contributed by atoms with E-state index in [9.17, 15) is 10.1 Å². The van der Waals surface area contributed by atoms with Gasteiger partial charge >= 0.3 is 5.97 Å². The SMILES string of the molecule is CCCCCCCCC(I)C(CC#N)CCCCCCCCCCCC(=O)OC. The van der Waals surface area contributed by atoms with E-state index in [0.717, 1.165) is 19.3 Å². The molecule has 0 aliphatic carbocycles. The van der Waals surface area contributed by atoms with Crippen LogP contribution in [0, 0.1) is 17.2 Å². The summed E-state index contributed by atoms with van der Waals surface area (Å²) in [4.78, 5) is 11.0. The maximum absolute atomic E-state index is 11.0. The molecule has 29 heavy (non-hydrogen) atoms. The molecule has 0 rings (SSSR count). The normalized spacial score (nSPS) is 13.0. The molecule has 0 N–H and O–H groups in total. The van der Waals surface area contributed by atoms with Crippen LogP contribution in [0.1, 0.15) is 129 Å². The summed E-state index contributed by atoms with van der Waals surface area (Å²) in [7, 11) is 1.46. The first-order valence-electron chi connectivity index (χ1n) is 12.2. The van der Waals surface area contributed by atoms with Gasteiger partial charge in [-0.05, 0) is 25.2 Å². The van der Waals surface area contributed by atoms with Gasteiger partial charge in [0, 0.05) is 16.8 Å². The Morgan fingerprint density at radius 1 is 0.828 bits per heavy atom. The van der Waals surface area contributed by atoms with E-state index >= 15 is 0 Å². The van der Waals surface area contributed by atoms with Crippen molar-refractivity contribution < 1.29 is 9.53 Å². The second-order valence-corrected chi connectivity index (χ2v) is 10.1. The van der Waals surface area contributed by atoms with Crippen molar-refractivity contribution in [2.45, 2.75) is 133 Å². The lowest BCUT2D eigenvalue weighted by Crippen LogP contribution is -2.14. The number of carbonyl (C=O) groups is 1. The zero-order valence-corrected chi connectivity index (χ0v) is 21.4. The number of hydrogen-bond acceptors (Lipinski definition) is 3. The lowest BCUT2D eigenvalue weighted by atomic mass is 9.92. The molecule has 0 aromatic carbocycles. The first kappa shape index (κ1) is 28.7. The first-order valence-corrected chi connectivity index (χ1v) is 13.5. The molecular weight excluding hydrogens is 473 g/mol. The van der Waals surface area contributed by atoms with Crippen LogP contribution in [0.5, 0.6) is 0 Å². The lowest BCUT2D eigenvalue weighted by Gasteiger charge is -2.20. The number of methoxy groups -OCH3 is 1. The monoisotopic (exact) mass is 519 g/mol. The highest BCUT2D eigenvalue weighted by atomic mass is 127. The number of carbonyl (C=O) groups excluding carboxylic acids is 1. The smallest absolute Gasteiger partial charge is 0.305 e. The molecule has 0 aromatic heterocycles. The average Bonchev–Trinajstić information content (AvgIpc) is 2.73. The summed E-state index contributed by atoms with van der Waals surface area (Å²) in [5.74, 6) is 0.506. The van der Waals surface area contributed by atoms with Crippen molar-refractivity contribution in [3.63, 3.8) is 0 Å². The molecule has 0 amide bonds. The third kappa shape index (κ3) is 19.4. The van der Waals surface area contributed by atoms with Crippen LogP contribution in [0.25, 0.3) is 0 Å². The number of nitrogens with zero attached hydrogens (tertiary/aromatic N) is 1. The van der Waals surface area contributed by atoms with Crippen LogP contribution in [0.3, 0.4) is 0 Å². The van der Waals surface area contributed by atoms with Gasteiger partial charge in [-0.15, -0.1) is 0 Å². The van der Waals surface area contributed by atoms with Gasteiger partial charge in [-0.3, -0.25) is 4.79 Å². The summed E-state index contributed by atoms with van der Waals surface area (Å²) in [6, 6.07) is 2.43. The van der Waals surface area contributed by atoms with E-state index in [0.29, 0.717) is 16.3 Å². The molecule has 0 fully saturated rings. The molecule has 0 spiro atoms. The fourth-order valence-electron chi connectivity index (χ4n) is 3.90. The van der Waals surface area contributed by atoms with Gasteiger partial charge in [0.05, 0.1) is 13.2 Å². The van der Waals surface area contributed by atoms with Gasteiger partial charge in [-0.25, -0.2) is 0 Å².